The first kappa shape index (κ1) is 8.83. The van der Waals surface area contributed by atoms with E-state index in [4.69, 9.17) is 0 Å². The van der Waals surface area contributed by atoms with Crippen molar-refractivity contribution in [3.05, 3.63) is 17.8 Å². The Morgan fingerprint density at radius 2 is 2.17 bits per heavy atom. The number of alkyl halides is 2. The minimum absolute atomic E-state index is 0.126. The average Bonchev–Trinajstić information content (AvgIpc) is 2.03. The molecule has 1 aromatic rings. The Bertz CT molecular complexity index is 238. The van der Waals surface area contributed by atoms with Crippen molar-refractivity contribution in [3.8, 4) is 5.88 Å². The Balaban J connectivity index is 2.48. The lowest BCUT2D eigenvalue weighted by Gasteiger charge is -2.02. The topological polar surface area (TPSA) is 35.0 Å². The van der Waals surface area contributed by atoms with Crippen LogP contribution in [0, 0.1) is 6.92 Å². The van der Waals surface area contributed by atoms with E-state index in [1.807, 2.05) is 0 Å². The molecule has 0 aliphatic rings. The van der Waals surface area contributed by atoms with Crippen LogP contribution in [-0.2, 0) is 0 Å². The minimum atomic E-state index is -2.48. The van der Waals surface area contributed by atoms with Gasteiger partial charge in [0, 0.05) is 6.07 Å². The average molecular weight is 174 g/mol. The lowest BCUT2D eigenvalue weighted by molar-refractivity contribution is 0.0790. The highest BCUT2D eigenvalue weighted by atomic mass is 19.3. The van der Waals surface area contributed by atoms with Crippen molar-refractivity contribution in [3.63, 3.8) is 0 Å². The highest BCUT2D eigenvalue weighted by Crippen LogP contribution is 2.05. The maximum absolute atomic E-state index is 11.6. The largest absolute Gasteiger partial charge is 0.471 e. The molecule has 0 unspecified atom stereocenters. The number of hydrogen-bond acceptors (Lipinski definition) is 3. The molecule has 1 aromatic heterocycles. The van der Waals surface area contributed by atoms with E-state index in [1.165, 1.54) is 6.07 Å². The zero-order valence-corrected chi connectivity index (χ0v) is 6.50. The molecule has 0 fully saturated rings. The summed E-state index contributed by atoms with van der Waals surface area (Å²) in [5, 5.41) is 7.18. The van der Waals surface area contributed by atoms with Gasteiger partial charge >= 0.3 is 0 Å². The van der Waals surface area contributed by atoms with Crippen molar-refractivity contribution in [2.24, 2.45) is 0 Å². The highest BCUT2D eigenvalue weighted by Gasteiger charge is 2.03. The number of halogens is 2. The van der Waals surface area contributed by atoms with E-state index in [0.29, 0.717) is 0 Å². The number of nitrogens with zero attached hydrogens (tertiary/aromatic N) is 2. The third-order valence-electron chi connectivity index (χ3n) is 1.13. The number of aromatic nitrogens is 2. The molecule has 0 saturated heterocycles. The third-order valence-corrected chi connectivity index (χ3v) is 1.13. The van der Waals surface area contributed by atoms with Crippen LogP contribution in [0.4, 0.5) is 8.78 Å². The fourth-order valence-electron chi connectivity index (χ4n) is 0.612. The summed E-state index contributed by atoms with van der Waals surface area (Å²) in [5.41, 5.74) is 0.722. The predicted molar refractivity (Wildman–Crippen MR) is 38.3 cm³/mol. The van der Waals surface area contributed by atoms with Gasteiger partial charge in [0.1, 0.15) is 0 Å². The van der Waals surface area contributed by atoms with Crippen LogP contribution in [0.5, 0.6) is 5.88 Å². The van der Waals surface area contributed by atoms with E-state index >= 15 is 0 Å². The molecule has 1 rings (SSSR count). The summed E-state index contributed by atoms with van der Waals surface area (Å²) in [4.78, 5) is 0. The minimum Gasteiger partial charge on any atom is -0.471 e. The van der Waals surface area contributed by atoms with Crippen molar-refractivity contribution >= 4 is 0 Å². The van der Waals surface area contributed by atoms with Gasteiger partial charge in [-0.1, -0.05) is 0 Å². The van der Waals surface area contributed by atoms with Gasteiger partial charge in [-0.25, -0.2) is 8.78 Å². The third kappa shape index (κ3) is 2.77. The van der Waals surface area contributed by atoms with Gasteiger partial charge in [0.25, 0.3) is 6.43 Å². The molecular weight excluding hydrogens is 166 g/mol. The molecule has 0 N–H and O–H groups in total. The fourth-order valence-corrected chi connectivity index (χ4v) is 0.612. The summed E-state index contributed by atoms with van der Waals surface area (Å²) in [6, 6.07) is 3.15. The quantitative estimate of drug-likeness (QED) is 0.695. The van der Waals surface area contributed by atoms with Gasteiger partial charge in [0.05, 0.1) is 5.69 Å². The van der Waals surface area contributed by atoms with Crippen LogP contribution in [0.2, 0.25) is 0 Å². The second-order valence-electron chi connectivity index (χ2n) is 2.22. The van der Waals surface area contributed by atoms with Crippen LogP contribution in [-0.4, -0.2) is 23.2 Å². The van der Waals surface area contributed by atoms with E-state index in [2.05, 4.69) is 14.9 Å². The second kappa shape index (κ2) is 3.94. The molecule has 0 spiro atoms. The molecule has 12 heavy (non-hydrogen) atoms. The van der Waals surface area contributed by atoms with E-state index in [-0.39, 0.29) is 5.88 Å². The lowest BCUT2D eigenvalue weighted by atomic mass is 10.4. The van der Waals surface area contributed by atoms with Crippen molar-refractivity contribution < 1.29 is 13.5 Å². The van der Waals surface area contributed by atoms with Crippen LogP contribution in [0.15, 0.2) is 12.1 Å². The van der Waals surface area contributed by atoms with Crippen LogP contribution in [0.25, 0.3) is 0 Å². The number of hydrogen-bond donors (Lipinski definition) is 0. The Labute approximate surface area is 68.4 Å². The zero-order chi connectivity index (χ0) is 8.97. The first-order chi connectivity index (χ1) is 5.68. The standard InChI is InChI=1S/C7H8F2N2O/c1-5-2-3-7(11-10-5)12-4-6(8)9/h2-3,6H,4H2,1H3. The van der Waals surface area contributed by atoms with E-state index in [1.54, 1.807) is 13.0 Å². The van der Waals surface area contributed by atoms with Gasteiger partial charge in [0.2, 0.25) is 5.88 Å². The van der Waals surface area contributed by atoms with Gasteiger partial charge in [-0.05, 0) is 13.0 Å². The van der Waals surface area contributed by atoms with Gasteiger partial charge < -0.3 is 4.74 Å². The highest BCUT2D eigenvalue weighted by molar-refractivity contribution is 5.10. The van der Waals surface area contributed by atoms with Crippen LogP contribution >= 0.6 is 0 Å². The second-order valence-corrected chi connectivity index (χ2v) is 2.22. The summed E-state index contributed by atoms with van der Waals surface area (Å²) in [5.74, 6) is 0.126. The molecule has 0 atom stereocenters. The smallest absolute Gasteiger partial charge is 0.272 e. The Kier molecular flexibility index (Phi) is 2.90. The molecule has 0 aromatic carbocycles. The number of ether oxygens (including phenoxy) is 1. The van der Waals surface area contributed by atoms with Gasteiger partial charge in [-0.2, -0.15) is 5.10 Å². The maximum atomic E-state index is 11.6. The van der Waals surface area contributed by atoms with Crippen LogP contribution in [0.1, 0.15) is 5.69 Å². The fraction of sp³-hybridized carbons (Fsp3) is 0.429. The maximum Gasteiger partial charge on any atom is 0.272 e. The SMILES string of the molecule is Cc1ccc(OCC(F)F)nn1. The Morgan fingerprint density at radius 3 is 2.67 bits per heavy atom. The summed E-state index contributed by atoms with van der Waals surface area (Å²) >= 11 is 0. The lowest BCUT2D eigenvalue weighted by Crippen LogP contribution is -2.08. The van der Waals surface area contributed by atoms with Crippen molar-refractivity contribution in [2.45, 2.75) is 13.3 Å². The molecule has 0 aliphatic carbocycles. The molecule has 0 saturated carbocycles. The van der Waals surface area contributed by atoms with E-state index in [0.717, 1.165) is 5.69 Å². The van der Waals surface area contributed by atoms with Crippen molar-refractivity contribution in [1.29, 1.82) is 0 Å². The molecular formula is C7H8F2N2O. The first-order valence-electron chi connectivity index (χ1n) is 3.40. The van der Waals surface area contributed by atoms with Gasteiger partial charge in [-0.15, -0.1) is 5.10 Å². The zero-order valence-electron chi connectivity index (χ0n) is 6.50. The molecule has 0 aliphatic heterocycles. The molecule has 66 valence electrons. The summed E-state index contributed by atoms with van der Waals surface area (Å²) in [7, 11) is 0. The van der Waals surface area contributed by atoms with Crippen molar-refractivity contribution in [2.75, 3.05) is 6.61 Å². The summed E-state index contributed by atoms with van der Waals surface area (Å²) in [6.45, 7) is 1.11. The van der Waals surface area contributed by atoms with E-state index < -0.39 is 13.0 Å². The van der Waals surface area contributed by atoms with Crippen molar-refractivity contribution in [1.82, 2.24) is 10.2 Å². The van der Waals surface area contributed by atoms with Gasteiger partial charge in [0.15, 0.2) is 6.61 Å². The number of aryl methyl sites for hydroxylation is 1. The van der Waals surface area contributed by atoms with E-state index in [9.17, 15) is 8.78 Å². The Morgan fingerprint density at radius 1 is 1.42 bits per heavy atom. The summed E-state index contributed by atoms with van der Waals surface area (Å²) in [6.07, 6.45) is -2.48. The van der Waals surface area contributed by atoms with Gasteiger partial charge in [-0.3, -0.25) is 0 Å². The van der Waals surface area contributed by atoms with Crippen LogP contribution < -0.4 is 4.74 Å². The predicted octanol–water partition coefficient (Wildman–Crippen LogP) is 1.43. The normalized spacial score (nSPS) is 10.3. The first-order valence-corrected chi connectivity index (χ1v) is 3.40. The Hall–Kier alpha value is -1.26. The monoisotopic (exact) mass is 174 g/mol. The summed E-state index contributed by atoms with van der Waals surface area (Å²) < 4.78 is 27.9. The molecule has 1 heterocycles. The molecule has 0 amide bonds. The number of rotatable bonds is 3. The molecule has 0 bridgehead atoms. The molecule has 3 nitrogen and oxygen atoms in total. The van der Waals surface area contributed by atoms with Crippen LogP contribution in [0.3, 0.4) is 0 Å². The molecule has 0 radical (unpaired) electrons. The molecule has 5 heteroatoms.